The second-order valence-electron chi connectivity index (χ2n) is 2.85. The van der Waals surface area contributed by atoms with Gasteiger partial charge in [0.25, 0.3) is 0 Å². The first-order valence-electron chi connectivity index (χ1n) is 5.32. The molecule has 0 aliphatic heterocycles. The van der Waals surface area contributed by atoms with Crippen LogP contribution in [0.1, 0.15) is 40.5 Å². The summed E-state index contributed by atoms with van der Waals surface area (Å²) in [6.07, 6.45) is 5.98. The van der Waals surface area contributed by atoms with Crippen molar-refractivity contribution in [3.8, 4) is 0 Å². The van der Waals surface area contributed by atoms with Crippen LogP contribution in [0, 0.1) is 0 Å². The Morgan fingerprint density at radius 1 is 1.21 bits per heavy atom. The zero-order valence-electron chi connectivity index (χ0n) is 10.1. The molecule has 0 saturated carbocycles. The quantitative estimate of drug-likeness (QED) is 0.346. The van der Waals surface area contributed by atoms with Crippen molar-refractivity contribution >= 4 is 0 Å². The van der Waals surface area contributed by atoms with Crippen LogP contribution in [-0.2, 0) is 4.74 Å². The summed E-state index contributed by atoms with van der Waals surface area (Å²) in [6, 6.07) is 0. The number of hydrogen-bond donors (Lipinski definition) is 0. The molecule has 1 heteroatoms. The maximum absolute atomic E-state index is 5.31. The van der Waals surface area contributed by atoms with E-state index in [0.29, 0.717) is 5.76 Å². The van der Waals surface area contributed by atoms with Crippen LogP contribution in [-0.4, -0.2) is 6.61 Å². The molecule has 0 aliphatic carbocycles. The summed E-state index contributed by atoms with van der Waals surface area (Å²) in [5, 5.41) is 0. The van der Waals surface area contributed by atoms with Crippen LogP contribution in [0.3, 0.4) is 0 Å². The van der Waals surface area contributed by atoms with Crippen LogP contribution in [0.5, 0.6) is 0 Å². The second kappa shape index (κ2) is 12.0. The molecule has 0 saturated heterocycles. The first kappa shape index (κ1) is 15.5. The van der Waals surface area contributed by atoms with Crippen LogP contribution in [0.2, 0.25) is 0 Å². The van der Waals surface area contributed by atoms with E-state index in [-0.39, 0.29) is 0 Å². The molecule has 1 nitrogen and oxygen atoms in total. The standard InChI is InChI=1S/C11H18O.C2H6/c1-5-6-9-12-11(4)8-7-10(2)3;1-2/h7-8H,2,4-6,9H2,1,3H3;1-2H3/b8-7-;. The number of unbranched alkanes of at least 4 members (excludes halogenated alkanes) is 1. The fourth-order valence-electron chi connectivity index (χ4n) is 0.631. The highest BCUT2D eigenvalue weighted by Crippen LogP contribution is 2.00. The summed E-state index contributed by atoms with van der Waals surface area (Å²) >= 11 is 0. The highest BCUT2D eigenvalue weighted by Gasteiger charge is 1.87. The molecule has 0 bridgehead atoms. The first-order valence-corrected chi connectivity index (χ1v) is 5.32. The normalized spacial score (nSPS) is 9.14. The van der Waals surface area contributed by atoms with Gasteiger partial charge in [-0.05, 0) is 19.4 Å². The highest BCUT2D eigenvalue weighted by atomic mass is 16.5. The monoisotopic (exact) mass is 196 g/mol. The molecule has 0 fully saturated rings. The van der Waals surface area contributed by atoms with Crippen LogP contribution < -0.4 is 0 Å². The van der Waals surface area contributed by atoms with E-state index in [1.807, 2.05) is 32.9 Å². The van der Waals surface area contributed by atoms with Crippen molar-refractivity contribution in [3.63, 3.8) is 0 Å². The lowest BCUT2D eigenvalue weighted by atomic mass is 10.3. The van der Waals surface area contributed by atoms with E-state index in [4.69, 9.17) is 4.74 Å². The van der Waals surface area contributed by atoms with Gasteiger partial charge in [0.15, 0.2) is 0 Å². The summed E-state index contributed by atoms with van der Waals surface area (Å²) in [6.45, 7) is 16.3. The van der Waals surface area contributed by atoms with E-state index in [0.717, 1.165) is 25.0 Å². The van der Waals surface area contributed by atoms with Gasteiger partial charge in [0.2, 0.25) is 0 Å². The fraction of sp³-hybridized carbons (Fsp3) is 0.538. The van der Waals surface area contributed by atoms with Gasteiger partial charge in [-0.25, -0.2) is 0 Å². The molecule has 0 aromatic carbocycles. The third-order valence-electron chi connectivity index (χ3n) is 1.34. The molecule has 0 radical (unpaired) electrons. The van der Waals surface area contributed by atoms with Crippen LogP contribution >= 0.6 is 0 Å². The van der Waals surface area contributed by atoms with Crippen molar-refractivity contribution in [1.82, 2.24) is 0 Å². The van der Waals surface area contributed by atoms with E-state index >= 15 is 0 Å². The maximum Gasteiger partial charge on any atom is 0.112 e. The molecule has 0 spiro atoms. The molecule has 0 N–H and O–H groups in total. The largest absolute Gasteiger partial charge is 0.494 e. The predicted octanol–water partition coefficient (Wildman–Crippen LogP) is 4.48. The van der Waals surface area contributed by atoms with Gasteiger partial charge in [0.1, 0.15) is 5.76 Å². The number of hydrogen-bond acceptors (Lipinski definition) is 1. The van der Waals surface area contributed by atoms with Gasteiger partial charge in [-0.2, -0.15) is 0 Å². The molecule has 0 aromatic heterocycles. The van der Waals surface area contributed by atoms with E-state index < -0.39 is 0 Å². The van der Waals surface area contributed by atoms with E-state index in [2.05, 4.69) is 20.1 Å². The summed E-state index contributed by atoms with van der Waals surface area (Å²) in [5.74, 6) is 0.714. The van der Waals surface area contributed by atoms with E-state index in [1.54, 1.807) is 0 Å². The number of rotatable bonds is 6. The SMILES string of the molecule is C=C(C)/C=C\C(=C)OCCCC.CC. The Bertz CT molecular complexity index is 178. The molecule has 0 amide bonds. The molecule has 0 aliphatic rings. The van der Waals surface area contributed by atoms with E-state index in [9.17, 15) is 0 Å². The van der Waals surface area contributed by atoms with Gasteiger partial charge in [0, 0.05) is 0 Å². The Morgan fingerprint density at radius 2 is 1.79 bits per heavy atom. The Kier molecular flexibility index (Phi) is 13.3. The lowest BCUT2D eigenvalue weighted by molar-refractivity contribution is 0.221. The maximum atomic E-state index is 5.31. The summed E-state index contributed by atoms with van der Waals surface area (Å²) < 4.78 is 5.31. The topological polar surface area (TPSA) is 9.23 Å². The third-order valence-corrected chi connectivity index (χ3v) is 1.34. The first-order chi connectivity index (χ1) is 6.66. The average molecular weight is 196 g/mol. The zero-order chi connectivity index (χ0) is 11.4. The molecular weight excluding hydrogens is 172 g/mol. The van der Waals surface area contributed by atoms with Crippen molar-refractivity contribution in [2.45, 2.75) is 40.5 Å². The summed E-state index contributed by atoms with van der Waals surface area (Å²) in [4.78, 5) is 0. The molecule has 14 heavy (non-hydrogen) atoms. The van der Waals surface area contributed by atoms with Crippen molar-refractivity contribution < 1.29 is 4.74 Å². The lowest BCUT2D eigenvalue weighted by Gasteiger charge is -2.03. The number of allylic oxidation sites excluding steroid dienone is 3. The average Bonchev–Trinajstić information content (AvgIpc) is 2.18. The second-order valence-corrected chi connectivity index (χ2v) is 2.85. The summed E-state index contributed by atoms with van der Waals surface area (Å²) in [5.41, 5.74) is 1.01. The summed E-state index contributed by atoms with van der Waals surface area (Å²) in [7, 11) is 0. The molecule has 0 aromatic rings. The highest BCUT2D eigenvalue weighted by molar-refractivity contribution is 5.19. The minimum Gasteiger partial charge on any atom is -0.494 e. The zero-order valence-corrected chi connectivity index (χ0v) is 10.1. The van der Waals surface area contributed by atoms with Crippen LogP contribution in [0.4, 0.5) is 0 Å². The van der Waals surface area contributed by atoms with Gasteiger partial charge < -0.3 is 4.74 Å². The smallest absolute Gasteiger partial charge is 0.112 e. The van der Waals surface area contributed by atoms with Gasteiger partial charge in [-0.15, -0.1) is 0 Å². The lowest BCUT2D eigenvalue weighted by Crippen LogP contribution is -1.90. The van der Waals surface area contributed by atoms with E-state index in [1.165, 1.54) is 0 Å². The van der Waals surface area contributed by atoms with Gasteiger partial charge in [0.05, 0.1) is 6.61 Å². The molecule has 0 atom stereocenters. The fourth-order valence-corrected chi connectivity index (χ4v) is 0.631. The van der Waals surface area contributed by atoms with Crippen molar-refractivity contribution in [2.75, 3.05) is 6.61 Å². The van der Waals surface area contributed by atoms with Crippen LogP contribution in [0.25, 0.3) is 0 Å². The van der Waals surface area contributed by atoms with Crippen LogP contribution in [0.15, 0.2) is 36.6 Å². The molecular formula is C13H24O. The van der Waals surface area contributed by atoms with Crippen molar-refractivity contribution in [1.29, 1.82) is 0 Å². The Balaban J connectivity index is 0. The minimum atomic E-state index is 0.714. The molecule has 0 unspecified atom stereocenters. The Labute approximate surface area is 89.2 Å². The molecule has 82 valence electrons. The Hall–Kier alpha value is -0.980. The van der Waals surface area contributed by atoms with Gasteiger partial charge in [-0.3, -0.25) is 0 Å². The molecule has 0 heterocycles. The predicted molar refractivity (Wildman–Crippen MR) is 65.3 cm³/mol. The molecule has 0 rings (SSSR count). The Morgan fingerprint density at radius 3 is 2.21 bits per heavy atom. The van der Waals surface area contributed by atoms with Crippen molar-refractivity contribution in [3.05, 3.63) is 36.6 Å². The van der Waals surface area contributed by atoms with Gasteiger partial charge in [-0.1, -0.05) is 52.0 Å². The minimum absolute atomic E-state index is 0.714. The third kappa shape index (κ3) is 13.6. The van der Waals surface area contributed by atoms with Gasteiger partial charge >= 0.3 is 0 Å². The number of ether oxygens (including phenoxy) is 1. The van der Waals surface area contributed by atoms with Crippen molar-refractivity contribution in [2.24, 2.45) is 0 Å².